The van der Waals surface area contributed by atoms with Crippen LogP contribution in [0.5, 0.6) is 5.75 Å². The minimum Gasteiger partial charge on any atom is -0.487 e. The number of benzene rings is 1. The summed E-state index contributed by atoms with van der Waals surface area (Å²) in [5, 5.41) is 0. The summed E-state index contributed by atoms with van der Waals surface area (Å²) < 4.78 is 7.76. The molecule has 0 amide bonds. The Morgan fingerprint density at radius 3 is 2.71 bits per heavy atom. The van der Waals surface area contributed by atoms with Gasteiger partial charge in [-0.25, -0.2) is 4.98 Å². The monoisotopic (exact) mass is 281 g/mol. The van der Waals surface area contributed by atoms with Crippen LogP contribution in [0.2, 0.25) is 0 Å². The van der Waals surface area contributed by atoms with E-state index in [0.717, 1.165) is 29.1 Å². The van der Waals surface area contributed by atoms with Crippen molar-refractivity contribution >= 4 is 5.65 Å². The van der Waals surface area contributed by atoms with Crippen LogP contribution in [-0.4, -0.2) is 9.38 Å². The number of rotatable bonds is 5. The Balaban J connectivity index is 1.67. The molecule has 0 aliphatic heterocycles. The molecule has 1 aromatic carbocycles. The molecule has 1 atom stereocenters. The quantitative estimate of drug-likeness (QED) is 0.780. The standard InChI is InChI=1S/C17H19N3O/c1-2-16(18)13-6-8-15(9-7-13)21-12-14-11-20-10-4-3-5-17(20)19-14/h3-11,16H,2,12,18H2,1H3/t16-/m0/s1. The largest absolute Gasteiger partial charge is 0.487 e. The van der Waals surface area contributed by atoms with Crippen molar-refractivity contribution in [3.63, 3.8) is 0 Å². The first-order valence-corrected chi connectivity index (χ1v) is 7.17. The van der Waals surface area contributed by atoms with Gasteiger partial charge >= 0.3 is 0 Å². The summed E-state index contributed by atoms with van der Waals surface area (Å²) in [6, 6.07) is 14.0. The maximum Gasteiger partial charge on any atom is 0.137 e. The van der Waals surface area contributed by atoms with E-state index in [2.05, 4.69) is 11.9 Å². The fourth-order valence-corrected chi connectivity index (χ4v) is 2.26. The van der Waals surface area contributed by atoms with Gasteiger partial charge in [-0.1, -0.05) is 25.1 Å². The van der Waals surface area contributed by atoms with Crippen LogP contribution in [0.15, 0.2) is 54.9 Å². The van der Waals surface area contributed by atoms with Gasteiger partial charge in [-0.2, -0.15) is 0 Å². The van der Waals surface area contributed by atoms with Gasteiger partial charge in [0, 0.05) is 18.4 Å². The summed E-state index contributed by atoms with van der Waals surface area (Å²) >= 11 is 0. The molecule has 0 spiro atoms. The van der Waals surface area contributed by atoms with E-state index in [-0.39, 0.29) is 6.04 Å². The van der Waals surface area contributed by atoms with Gasteiger partial charge in [0.05, 0.1) is 5.69 Å². The van der Waals surface area contributed by atoms with Crippen molar-refractivity contribution in [1.82, 2.24) is 9.38 Å². The molecule has 2 heterocycles. The number of aromatic nitrogens is 2. The molecular weight excluding hydrogens is 262 g/mol. The van der Waals surface area contributed by atoms with E-state index in [1.807, 2.05) is 59.3 Å². The molecule has 0 aliphatic rings. The van der Waals surface area contributed by atoms with E-state index < -0.39 is 0 Å². The van der Waals surface area contributed by atoms with E-state index >= 15 is 0 Å². The highest BCUT2D eigenvalue weighted by Gasteiger charge is 2.04. The van der Waals surface area contributed by atoms with E-state index in [1.54, 1.807) is 0 Å². The molecule has 2 N–H and O–H groups in total. The molecule has 4 nitrogen and oxygen atoms in total. The summed E-state index contributed by atoms with van der Waals surface area (Å²) in [4.78, 5) is 4.50. The van der Waals surface area contributed by atoms with Crippen molar-refractivity contribution in [1.29, 1.82) is 0 Å². The van der Waals surface area contributed by atoms with Gasteiger partial charge in [0.2, 0.25) is 0 Å². The van der Waals surface area contributed by atoms with E-state index in [0.29, 0.717) is 6.61 Å². The first kappa shape index (κ1) is 13.6. The average molecular weight is 281 g/mol. The number of nitrogens with zero attached hydrogens (tertiary/aromatic N) is 2. The summed E-state index contributed by atoms with van der Waals surface area (Å²) in [5.41, 5.74) is 8.98. The average Bonchev–Trinajstić information content (AvgIpc) is 2.95. The Hall–Kier alpha value is -2.33. The molecule has 0 bridgehead atoms. The summed E-state index contributed by atoms with van der Waals surface area (Å²) in [5.74, 6) is 0.833. The van der Waals surface area contributed by atoms with Gasteiger partial charge < -0.3 is 14.9 Å². The van der Waals surface area contributed by atoms with Crippen molar-refractivity contribution < 1.29 is 4.74 Å². The topological polar surface area (TPSA) is 52.5 Å². The fourth-order valence-electron chi connectivity index (χ4n) is 2.26. The smallest absolute Gasteiger partial charge is 0.137 e. The SMILES string of the molecule is CC[C@H](N)c1ccc(OCc2cn3ccccc3n2)cc1. The van der Waals surface area contributed by atoms with Crippen LogP contribution in [0, 0.1) is 0 Å². The molecule has 0 unspecified atom stereocenters. The molecule has 108 valence electrons. The van der Waals surface area contributed by atoms with Gasteiger partial charge in [-0.15, -0.1) is 0 Å². The Morgan fingerprint density at radius 1 is 1.19 bits per heavy atom. The van der Waals surface area contributed by atoms with Crippen molar-refractivity contribution in [2.24, 2.45) is 5.73 Å². The van der Waals surface area contributed by atoms with Crippen LogP contribution in [0.25, 0.3) is 5.65 Å². The number of nitrogens with two attached hydrogens (primary N) is 1. The van der Waals surface area contributed by atoms with Crippen LogP contribution >= 0.6 is 0 Å². The lowest BCUT2D eigenvalue weighted by atomic mass is 10.1. The number of imidazole rings is 1. The molecule has 3 aromatic rings. The fraction of sp³-hybridized carbons (Fsp3) is 0.235. The van der Waals surface area contributed by atoms with Crippen LogP contribution in [0.4, 0.5) is 0 Å². The lowest BCUT2D eigenvalue weighted by molar-refractivity contribution is 0.302. The number of hydrogen-bond donors (Lipinski definition) is 1. The lowest BCUT2D eigenvalue weighted by Crippen LogP contribution is -2.08. The van der Waals surface area contributed by atoms with Gasteiger partial charge in [0.25, 0.3) is 0 Å². The van der Waals surface area contributed by atoms with E-state index in [4.69, 9.17) is 10.5 Å². The molecule has 2 aromatic heterocycles. The molecule has 3 rings (SSSR count). The molecule has 21 heavy (non-hydrogen) atoms. The van der Waals surface area contributed by atoms with Crippen molar-refractivity contribution in [2.45, 2.75) is 26.0 Å². The minimum absolute atomic E-state index is 0.0949. The number of pyridine rings is 1. The zero-order chi connectivity index (χ0) is 14.7. The van der Waals surface area contributed by atoms with Gasteiger partial charge in [-0.05, 0) is 36.2 Å². The van der Waals surface area contributed by atoms with Gasteiger partial charge in [0.15, 0.2) is 0 Å². The summed E-state index contributed by atoms with van der Waals surface area (Å²) in [6.45, 7) is 2.54. The first-order valence-electron chi connectivity index (χ1n) is 7.17. The minimum atomic E-state index is 0.0949. The molecule has 0 aliphatic carbocycles. The van der Waals surface area contributed by atoms with Crippen LogP contribution in [-0.2, 0) is 6.61 Å². The predicted molar refractivity (Wildman–Crippen MR) is 83.2 cm³/mol. The number of ether oxygens (including phenoxy) is 1. The van der Waals surface area contributed by atoms with Crippen molar-refractivity contribution in [3.05, 3.63) is 66.1 Å². The summed E-state index contributed by atoms with van der Waals surface area (Å²) in [6.07, 6.45) is 4.89. The second kappa shape index (κ2) is 5.97. The van der Waals surface area contributed by atoms with Crippen LogP contribution < -0.4 is 10.5 Å². The molecule has 0 saturated heterocycles. The first-order chi connectivity index (χ1) is 10.3. The van der Waals surface area contributed by atoms with Crippen molar-refractivity contribution in [3.8, 4) is 5.75 Å². The summed E-state index contributed by atoms with van der Waals surface area (Å²) in [7, 11) is 0. The predicted octanol–water partition coefficient (Wildman–Crippen LogP) is 3.32. The highest BCUT2D eigenvalue weighted by Crippen LogP contribution is 2.19. The Kier molecular flexibility index (Phi) is 3.88. The van der Waals surface area contributed by atoms with Crippen molar-refractivity contribution in [2.75, 3.05) is 0 Å². The van der Waals surface area contributed by atoms with E-state index in [1.165, 1.54) is 0 Å². The number of hydrogen-bond acceptors (Lipinski definition) is 3. The van der Waals surface area contributed by atoms with Gasteiger partial charge in [0.1, 0.15) is 18.0 Å². The molecule has 0 fully saturated rings. The third kappa shape index (κ3) is 3.06. The van der Waals surface area contributed by atoms with Crippen LogP contribution in [0.3, 0.4) is 0 Å². The second-order valence-electron chi connectivity index (χ2n) is 5.07. The Labute approximate surface area is 124 Å². The Bertz CT molecular complexity index is 685. The maximum atomic E-state index is 6.00. The highest BCUT2D eigenvalue weighted by molar-refractivity contribution is 5.39. The van der Waals surface area contributed by atoms with Gasteiger partial charge in [-0.3, -0.25) is 0 Å². The van der Waals surface area contributed by atoms with Crippen LogP contribution in [0.1, 0.15) is 30.6 Å². The second-order valence-corrected chi connectivity index (χ2v) is 5.07. The Morgan fingerprint density at radius 2 is 2.00 bits per heavy atom. The maximum absolute atomic E-state index is 6.00. The third-order valence-corrected chi connectivity index (χ3v) is 3.55. The number of fused-ring (bicyclic) bond motifs is 1. The zero-order valence-electron chi connectivity index (χ0n) is 12.1. The molecule has 4 heteroatoms. The zero-order valence-corrected chi connectivity index (χ0v) is 12.1. The third-order valence-electron chi connectivity index (χ3n) is 3.55. The van der Waals surface area contributed by atoms with E-state index in [9.17, 15) is 0 Å². The molecular formula is C17H19N3O. The molecule has 0 saturated carbocycles. The highest BCUT2D eigenvalue weighted by atomic mass is 16.5. The normalized spacial score (nSPS) is 12.5. The molecule has 0 radical (unpaired) electrons. The lowest BCUT2D eigenvalue weighted by Gasteiger charge is -2.10.